The second-order valence-corrected chi connectivity index (χ2v) is 6.34. The molecule has 1 atom stereocenters. The highest BCUT2D eigenvalue weighted by molar-refractivity contribution is 5.81. The van der Waals surface area contributed by atoms with E-state index in [1.807, 2.05) is 37.1 Å². The van der Waals surface area contributed by atoms with Crippen molar-refractivity contribution in [3.8, 4) is 0 Å². The second-order valence-electron chi connectivity index (χ2n) is 6.34. The maximum atomic E-state index is 13.3. The molecule has 0 bridgehead atoms. The van der Waals surface area contributed by atoms with Gasteiger partial charge in [0.2, 0.25) is 5.91 Å². The third-order valence-electron chi connectivity index (χ3n) is 4.38. The van der Waals surface area contributed by atoms with Gasteiger partial charge in [0.25, 0.3) is 0 Å². The molecule has 0 heterocycles. The molecule has 4 heteroatoms. The van der Waals surface area contributed by atoms with Crippen molar-refractivity contribution in [1.29, 1.82) is 0 Å². The van der Waals surface area contributed by atoms with E-state index in [2.05, 4.69) is 19.1 Å². The molecule has 0 saturated carbocycles. The minimum atomic E-state index is -0.280. The van der Waals surface area contributed by atoms with Gasteiger partial charge in [-0.05, 0) is 49.7 Å². The zero-order chi connectivity index (χ0) is 17.7. The molecule has 0 radical (unpaired) electrons. The summed E-state index contributed by atoms with van der Waals surface area (Å²) in [6.45, 7) is 5.10. The molecule has 3 nitrogen and oxygen atoms in total. The van der Waals surface area contributed by atoms with E-state index in [0.717, 1.165) is 5.56 Å². The smallest absolute Gasteiger partial charge is 0.239 e. The van der Waals surface area contributed by atoms with E-state index in [-0.39, 0.29) is 17.8 Å². The minimum Gasteiger partial charge on any atom is -0.340 e. The van der Waals surface area contributed by atoms with Crippen LogP contribution in [0.3, 0.4) is 0 Å². The molecule has 0 saturated heterocycles. The number of benzene rings is 2. The molecule has 1 unspecified atom stereocenters. The molecule has 0 aliphatic carbocycles. The van der Waals surface area contributed by atoms with Crippen molar-refractivity contribution in [3.05, 3.63) is 71.0 Å². The van der Waals surface area contributed by atoms with Gasteiger partial charge < -0.3 is 4.90 Å². The van der Waals surface area contributed by atoms with Gasteiger partial charge in [0.1, 0.15) is 5.82 Å². The first kappa shape index (κ1) is 18.1. The van der Waals surface area contributed by atoms with Crippen LogP contribution < -0.4 is 0 Å². The fourth-order valence-electron chi connectivity index (χ4n) is 2.69. The van der Waals surface area contributed by atoms with Gasteiger partial charge >= 0.3 is 0 Å². The molecule has 0 aliphatic heterocycles. The Morgan fingerprint density at radius 2 is 1.79 bits per heavy atom. The highest BCUT2D eigenvalue weighted by atomic mass is 19.1. The summed E-state index contributed by atoms with van der Waals surface area (Å²) in [5, 5.41) is 0. The summed E-state index contributed by atoms with van der Waals surface area (Å²) < 4.78 is 13.3. The molecule has 0 aliphatic rings. The molecular weight excluding hydrogens is 303 g/mol. The molecule has 0 N–H and O–H groups in total. The van der Waals surface area contributed by atoms with Gasteiger partial charge in [-0.15, -0.1) is 0 Å². The molecule has 0 spiro atoms. The van der Waals surface area contributed by atoms with Gasteiger partial charge in [-0.3, -0.25) is 9.69 Å². The lowest BCUT2D eigenvalue weighted by Crippen LogP contribution is -2.43. The van der Waals surface area contributed by atoms with Gasteiger partial charge in [-0.2, -0.15) is 0 Å². The summed E-state index contributed by atoms with van der Waals surface area (Å²) in [4.78, 5) is 16.3. The number of aryl methyl sites for hydroxylation is 1. The van der Waals surface area contributed by atoms with E-state index in [0.29, 0.717) is 13.1 Å². The lowest BCUT2D eigenvalue weighted by Gasteiger charge is -2.28. The van der Waals surface area contributed by atoms with Crippen molar-refractivity contribution in [2.45, 2.75) is 33.0 Å². The SMILES string of the molecule is Cc1ccccc1CN(C)C(C)C(=O)N(C)Cc1cccc(F)c1. The number of likely N-dealkylation sites (N-methyl/N-ethyl adjacent to an activating group) is 2. The highest BCUT2D eigenvalue weighted by Gasteiger charge is 2.22. The number of hydrogen-bond acceptors (Lipinski definition) is 2. The number of carbonyl (C=O) groups excluding carboxylic acids is 1. The Morgan fingerprint density at radius 3 is 2.46 bits per heavy atom. The van der Waals surface area contributed by atoms with Crippen LogP contribution in [-0.4, -0.2) is 35.8 Å². The van der Waals surface area contributed by atoms with Crippen molar-refractivity contribution in [3.63, 3.8) is 0 Å². The molecular formula is C20H25FN2O. The molecule has 1 amide bonds. The monoisotopic (exact) mass is 328 g/mol. The van der Waals surface area contributed by atoms with Crippen LogP contribution >= 0.6 is 0 Å². The lowest BCUT2D eigenvalue weighted by atomic mass is 10.1. The van der Waals surface area contributed by atoms with Crippen LogP contribution in [0.5, 0.6) is 0 Å². The maximum Gasteiger partial charge on any atom is 0.239 e. The second kappa shape index (κ2) is 8.06. The average Bonchev–Trinajstić information content (AvgIpc) is 2.55. The van der Waals surface area contributed by atoms with Crippen molar-refractivity contribution in [1.82, 2.24) is 9.80 Å². The van der Waals surface area contributed by atoms with Gasteiger partial charge in [-0.1, -0.05) is 36.4 Å². The third kappa shape index (κ3) is 4.65. The fraction of sp³-hybridized carbons (Fsp3) is 0.350. The molecule has 2 aromatic rings. The molecule has 128 valence electrons. The number of rotatable bonds is 6. The van der Waals surface area contributed by atoms with Crippen LogP contribution in [0.2, 0.25) is 0 Å². The first-order chi connectivity index (χ1) is 11.4. The standard InChI is InChI=1S/C20H25FN2O/c1-15-8-5-6-10-18(15)14-22(3)16(2)20(24)23(4)13-17-9-7-11-19(21)12-17/h5-12,16H,13-14H2,1-4H3. The van der Waals surface area contributed by atoms with Crippen LogP contribution in [0.4, 0.5) is 4.39 Å². The molecule has 0 fully saturated rings. The van der Waals surface area contributed by atoms with Crippen LogP contribution in [0.15, 0.2) is 48.5 Å². The van der Waals surface area contributed by atoms with Gasteiger partial charge in [0.05, 0.1) is 6.04 Å². The summed E-state index contributed by atoms with van der Waals surface area (Å²) in [5.74, 6) is -0.256. The molecule has 2 aromatic carbocycles. The Balaban J connectivity index is 1.98. The summed E-state index contributed by atoms with van der Waals surface area (Å²) in [6, 6.07) is 14.3. The van der Waals surface area contributed by atoms with E-state index in [1.54, 1.807) is 18.0 Å². The number of nitrogens with zero attached hydrogens (tertiary/aromatic N) is 2. The van der Waals surface area contributed by atoms with E-state index in [9.17, 15) is 9.18 Å². The quantitative estimate of drug-likeness (QED) is 0.809. The zero-order valence-electron chi connectivity index (χ0n) is 14.8. The predicted octanol–water partition coefficient (Wildman–Crippen LogP) is 3.61. The summed E-state index contributed by atoms with van der Waals surface area (Å²) in [7, 11) is 3.70. The number of halogens is 1. The fourth-order valence-corrected chi connectivity index (χ4v) is 2.69. The summed E-state index contributed by atoms with van der Waals surface area (Å²) in [6.07, 6.45) is 0. The van der Waals surface area contributed by atoms with Crippen molar-refractivity contribution in [2.75, 3.05) is 14.1 Å². The maximum absolute atomic E-state index is 13.3. The lowest BCUT2D eigenvalue weighted by molar-refractivity contribution is -0.135. The van der Waals surface area contributed by atoms with Gasteiger partial charge in [0.15, 0.2) is 0 Å². The Hall–Kier alpha value is -2.20. The van der Waals surface area contributed by atoms with Gasteiger partial charge in [-0.25, -0.2) is 4.39 Å². The van der Waals surface area contributed by atoms with E-state index in [1.165, 1.54) is 23.3 Å². The number of amides is 1. The number of hydrogen-bond donors (Lipinski definition) is 0. The molecule has 24 heavy (non-hydrogen) atoms. The molecule has 0 aromatic heterocycles. The van der Waals surface area contributed by atoms with Crippen molar-refractivity contribution >= 4 is 5.91 Å². The Labute approximate surface area is 143 Å². The van der Waals surface area contributed by atoms with Crippen LogP contribution in [0.25, 0.3) is 0 Å². The zero-order valence-corrected chi connectivity index (χ0v) is 14.8. The first-order valence-electron chi connectivity index (χ1n) is 8.12. The topological polar surface area (TPSA) is 23.6 Å². The summed E-state index contributed by atoms with van der Waals surface area (Å²) >= 11 is 0. The Morgan fingerprint density at radius 1 is 1.08 bits per heavy atom. The van der Waals surface area contributed by atoms with E-state index >= 15 is 0 Å². The first-order valence-corrected chi connectivity index (χ1v) is 8.12. The van der Waals surface area contributed by atoms with Crippen molar-refractivity contribution < 1.29 is 9.18 Å². The van der Waals surface area contributed by atoms with Crippen LogP contribution in [0.1, 0.15) is 23.6 Å². The van der Waals surface area contributed by atoms with Gasteiger partial charge in [0, 0.05) is 20.1 Å². The Bertz CT molecular complexity index is 702. The predicted molar refractivity (Wildman–Crippen MR) is 95.0 cm³/mol. The van der Waals surface area contributed by atoms with E-state index < -0.39 is 0 Å². The molecule has 2 rings (SSSR count). The average molecular weight is 328 g/mol. The van der Waals surface area contributed by atoms with Crippen LogP contribution in [-0.2, 0) is 17.9 Å². The summed E-state index contributed by atoms with van der Waals surface area (Å²) in [5.41, 5.74) is 3.23. The highest BCUT2D eigenvalue weighted by Crippen LogP contribution is 2.13. The number of carbonyl (C=O) groups is 1. The normalized spacial score (nSPS) is 12.2. The van der Waals surface area contributed by atoms with Crippen LogP contribution in [0, 0.1) is 12.7 Å². The Kier molecular flexibility index (Phi) is 6.10. The minimum absolute atomic E-state index is 0.0235. The van der Waals surface area contributed by atoms with E-state index in [4.69, 9.17) is 0 Å². The third-order valence-corrected chi connectivity index (χ3v) is 4.38. The van der Waals surface area contributed by atoms with Crippen molar-refractivity contribution in [2.24, 2.45) is 0 Å². The largest absolute Gasteiger partial charge is 0.340 e.